The summed E-state index contributed by atoms with van der Waals surface area (Å²) in [4.78, 5) is 33.3. The Bertz CT molecular complexity index is 872. The van der Waals surface area contributed by atoms with Crippen LogP contribution in [-0.2, 0) is 0 Å². The Morgan fingerprint density at radius 2 is 1.15 bits per heavy atom. The molecule has 0 aliphatic carbocycles. The molecule has 1 aromatic carbocycles. The molecule has 130 valence electrons. The minimum absolute atomic E-state index is 0.0680. The molecule has 8 heteroatoms. The highest BCUT2D eigenvalue weighted by molar-refractivity contribution is 6.42. The molecule has 0 saturated heterocycles. The lowest BCUT2D eigenvalue weighted by Gasteiger charge is -2.11. The van der Waals surface area contributed by atoms with Gasteiger partial charge in [0.15, 0.2) is 0 Å². The summed E-state index contributed by atoms with van der Waals surface area (Å²) in [5, 5.41) is 5.55. The average Bonchev–Trinajstić information content (AvgIpc) is 2.65. The zero-order chi connectivity index (χ0) is 18.5. The van der Waals surface area contributed by atoms with Crippen molar-refractivity contribution in [2.75, 3.05) is 10.6 Å². The Kier molecular flexibility index (Phi) is 5.46. The highest BCUT2D eigenvalue weighted by Crippen LogP contribution is 2.27. The number of benzene rings is 1. The molecule has 6 nitrogen and oxygen atoms in total. The van der Waals surface area contributed by atoms with E-state index in [9.17, 15) is 9.59 Å². The molecule has 0 bridgehead atoms. The Balaban J connectivity index is 1.92. The molecule has 0 aliphatic heterocycles. The van der Waals surface area contributed by atoms with Crippen LogP contribution in [0.2, 0.25) is 10.0 Å². The van der Waals surface area contributed by atoms with Gasteiger partial charge in [0, 0.05) is 12.4 Å². The van der Waals surface area contributed by atoms with Crippen LogP contribution in [0.4, 0.5) is 11.6 Å². The van der Waals surface area contributed by atoms with Gasteiger partial charge in [0.25, 0.3) is 11.8 Å². The number of carbonyl (C=O) groups excluding carboxylic acids is 2. The van der Waals surface area contributed by atoms with Crippen molar-refractivity contribution in [2.24, 2.45) is 0 Å². The molecule has 0 unspecified atom stereocenters. The van der Waals surface area contributed by atoms with Gasteiger partial charge in [-0.05, 0) is 36.4 Å². The Labute approximate surface area is 159 Å². The highest BCUT2D eigenvalue weighted by Gasteiger charge is 2.20. The van der Waals surface area contributed by atoms with Gasteiger partial charge in [-0.25, -0.2) is 9.97 Å². The molecule has 3 aromatic rings. The molecule has 2 amide bonds. The van der Waals surface area contributed by atoms with Gasteiger partial charge < -0.3 is 10.6 Å². The third-order valence-corrected chi connectivity index (χ3v) is 4.08. The number of nitrogens with zero attached hydrogens (tertiary/aromatic N) is 2. The van der Waals surface area contributed by atoms with Crippen LogP contribution in [0.15, 0.2) is 60.9 Å². The first kappa shape index (κ1) is 17.8. The lowest BCUT2D eigenvalue weighted by atomic mass is 10.1. The molecule has 0 atom stereocenters. The predicted molar refractivity (Wildman–Crippen MR) is 101 cm³/mol. The van der Waals surface area contributed by atoms with Gasteiger partial charge in [-0.3, -0.25) is 9.59 Å². The van der Waals surface area contributed by atoms with E-state index in [1.165, 1.54) is 12.1 Å². The predicted octanol–water partition coefficient (Wildman–Crippen LogP) is 4.29. The van der Waals surface area contributed by atoms with Crippen molar-refractivity contribution in [1.82, 2.24) is 9.97 Å². The number of hydrogen-bond donors (Lipinski definition) is 2. The van der Waals surface area contributed by atoms with Crippen LogP contribution in [0.3, 0.4) is 0 Å². The lowest BCUT2D eigenvalue weighted by molar-refractivity contribution is 0.0990. The van der Waals surface area contributed by atoms with Gasteiger partial charge in [-0.1, -0.05) is 35.3 Å². The molecule has 0 radical (unpaired) electrons. The second-order valence-corrected chi connectivity index (χ2v) is 5.96. The maximum atomic E-state index is 12.6. The topological polar surface area (TPSA) is 84.0 Å². The van der Waals surface area contributed by atoms with E-state index in [1.54, 1.807) is 48.8 Å². The maximum Gasteiger partial charge on any atom is 0.257 e. The number of anilines is 2. The Morgan fingerprint density at radius 3 is 1.50 bits per heavy atom. The van der Waals surface area contributed by atoms with Crippen molar-refractivity contribution >= 4 is 46.7 Å². The molecule has 26 heavy (non-hydrogen) atoms. The third kappa shape index (κ3) is 4.17. The summed E-state index contributed by atoms with van der Waals surface area (Å²) in [6.07, 6.45) is 3.08. The number of carbonyl (C=O) groups is 2. The monoisotopic (exact) mass is 386 g/mol. The van der Waals surface area contributed by atoms with Crippen molar-refractivity contribution in [2.45, 2.75) is 0 Å². The Morgan fingerprint density at radius 1 is 0.731 bits per heavy atom. The summed E-state index contributed by atoms with van der Waals surface area (Å²) in [5.74, 6) is -0.374. The number of hydrogen-bond acceptors (Lipinski definition) is 4. The summed E-state index contributed by atoms with van der Waals surface area (Å²) in [6.45, 7) is 0. The standard InChI is InChI=1S/C18H12Cl2N4O2/c19-13-9-11(17(25)23-15-5-1-3-7-21-15)12(10-14(13)20)18(26)24-16-6-2-4-8-22-16/h1-10H,(H,21,23,25)(H,22,24,26). The van der Waals surface area contributed by atoms with Gasteiger partial charge in [-0.15, -0.1) is 0 Å². The van der Waals surface area contributed by atoms with Crippen LogP contribution < -0.4 is 10.6 Å². The number of amides is 2. The lowest BCUT2D eigenvalue weighted by Crippen LogP contribution is -2.21. The second kappa shape index (κ2) is 7.95. The van der Waals surface area contributed by atoms with Gasteiger partial charge in [0.05, 0.1) is 21.2 Å². The van der Waals surface area contributed by atoms with Crippen molar-refractivity contribution in [1.29, 1.82) is 0 Å². The highest BCUT2D eigenvalue weighted by atomic mass is 35.5. The van der Waals surface area contributed by atoms with E-state index in [2.05, 4.69) is 20.6 Å². The van der Waals surface area contributed by atoms with E-state index < -0.39 is 11.8 Å². The van der Waals surface area contributed by atoms with E-state index >= 15 is 0 Å². The molecule has 0 saturated carbocycles. The van der Waals surface area contributed by atoms with E-state index in [-0.39, 0.29) is 21.2 Å². The molecule has 0 fully saturated rings. The quantitative estimate of drug-likeness (QED) is 0.700. The van der Waals surface area contributed by atoms with Crippen molar-refractivity contribution < 1.29 is 9.59 Å². The molecule has 2 aromatic heterocycles. The van der Waals surface area contributed by atoms with Crippen molar-refractivity contribution in [3.63, 3.8) is 0 Å². The van der Waals surface area contributed by atoms with Gasteiger partial charge in [-0.2, -0.15) is 0 Å². The molecule has 0 aliphatic rings. The van der Waals surface area contributed by atoms with E-state index in [1.807, 2.05) is 0 Å². The zero-order valence-electron chi connectivity index (χ0n) is 13.2. The minimum atomic E-state index is -0.534. The van der Waals surface area contributed by atoms with Crippen molar-refractivity contribution in [3.8, 4) is 0 Å². The first-order valence-corrected chi connectivity index (χ1v) is 8.24. The fourth-order valence-electron chi connectivity index (χ4n) is 2.16. The molecule has 2 heterocycles. The van der Waals surface area contributed by atoms with E-state index in [0.29, 0.717) is 11.6 Å². The fraction of sp³-hybridized carbons (Fsp3) is 0. The summed E-state index contributed by atoms with van der Waals surface area (Å²) in [5.41, 5.74) is 0.136. The van der Waals surface area contributed by atoms with Crippen LogP contribution in [0.1, 0.15) is 20.7 Å². The fourth-order valence-corrected chi connectivity index (χ4v) is 2.49. The number of aromatic nitrogens is 2. The summed E-state index contributed by atoms with van der Waals surface area (Å²) < 4.78 is 0. The SMILES string of the molecule is O=C(Nc1ccccn1)c1cc(Cl)c(Cl)cc1C(=O)Nc1ccccn1. The van der Waals surface area contributed by atoms with E-state index in [0.717, 1.165) is 0 Å². The smallest absolute Gasteiger partial charge is 0.257 e. The largest absolute Gasteiger partial charge is 0.307 e. The van der Waals surface area contributed by atoms with Crippen LogP contribution in [-0.4, -0.2) is 21.8 Å². The zero-order valence-corrected chi connectivity index (χ0v) is 14.8. The molecule has 3 rings (SSSR count). The average molecular weight is 387 g/mol. The van der Waals surface area contributed by atoms with Crippen LogP contribution >= 0.6 is 23.2 Å². The van der Waals surface area contributed by atoms with Gasteiger partial charge in [0.2, 0.25) is 0 Å². The molecular weight excluding hydrogens is 375 g/mol. The second-order valence-electron chi connectivity index (χ2n) is 5.15. The summed E-state index contributed by atoms with van der Waals surface area (Å²) >= 11 is 12.1. The number of pyridine rings is 2. The summed E-state index contributed by atoms with van der Waals surface area (Å²) in [6, 6.07) is 12.8. The van der Waals surface area contributed by atoms with Crippen LogP contribution in [0.25, 0.3) is 0 Å². The normalized spacial score (nSPS) is 10.2. The minimum Gasteiger partial charge on any atom is -0.307 e. The molecule has 2 N–H and O–H groups in total. The number of nitrogens with one attached hydrogen (secondary N) is 2. The summed E-state index contributed by atoms with van der Waals surface area (Å²) in [7, 11) is 0. The third-order valence-electron chi connectivity index (χ3n) is 3.36. The van der Waals surface area contributed by atoms with Crippen LogP contribution in [0, 0.1) is 0 Å². The van der Waals surface area contributed by atoms with Crippen molar-refractivity contribution in [3.05, 3.63) is 82.1 Å². The first-order chi connectivity index (χ1) is 12.5. The molecule has 0 spiro atoms. The Hall–Kier alpha value is -2.96. The number of rotatable bonds is 4. The van der Waals surface area contributed by atoms with E-state index in [4.69, 9.17) is 23.2 Å². The maximum absolute atomic E-state index is 12.6. The van der Waals surface area contributed by atoms with Gasteiger partial charge >= 0.3 is 0 Å². The number of halogens is 2. The van der Waals surface area contributed by atoms with Gasteiger partial charge in [0.1, 0.15) is 11.6 Å². The van der Waals surface area contributed by atoms with Crippen LogP contribution in [0.5, 0.6) is 0 Å². The first-order valence-electron chi connectivity index (χ1n) is 7.48. The molecular formula is C18H12Cl2N4O2.